The molecular formula is C10H14N4O2S. The molecule has 1 fully saturated rings. The highest BCUT2D eigenvalue weighted by molar-refractivity contribution is 7.99. The quantitative estimate of drug-likeness (QED) is 0.359. The summed E-state index contributed by atoms with van der Waals surface area (Å²) in [4.78, 5) is 0. The Labute approximate surface area is 103 Å². The summed E-state index contributed by atoms with van der Waals surface area (Å²) in [6.45, 7) is 1.55. The highest BCUT2D eigenvalue weighted by Gasteiger charge is 2.18. The van der Waals surface area contributed by atoms with Crippen molar-refractivity contribution in [1.82, 2.24) is 10.2 Å². The van der Waals surface area contributed by atoms with Crippen molar-refractivity contribution in [2.45, 2.75) is 23.1 Å². The molecule has 3 N–H and O–H groups in total. The maximum absolute atomic E-state index is 8.70. The van der Waals surface area contributed by atoms with Crippen LogP contribution in [0.25, 0.3) is 0 Å². The lowest BCUT2D eigenvalue weighted by molar-refractivity contribution is 0.1000. The van der Waals surface area contributed by atoms with Crippen LogP contribution in [0.1, 0.15) is 18.4 Å². The summed E-state index contributed by atoms with van der Waals surface area (Å²) in [5, 5.41) is 20.7. The van der Waals surface area contributed by atoms with E-state index in [2.05, 4.69) is 15.4 Å². The third-order valence-corrected chi connectivity index (χ3v) is 3.85. The van der Waals surface area contributed by atoms with Crippen LogP contribution in [-0.4, -0.2) is 39.7 Å². The highest BCUT2D eigenvalue weighted by Crippen LogP contribution is 2.29. The van der Waals surface area contributed by atoms with Gasteiger partial charge in [-0.15, -0.1) is 16.9 Å². The molecule has 1 aliphatic heterocycles. The third-order valence-electron chi connectivity index (χ3n) is 2.52. The Kier molecular flexibility index (Phi) is 4.16. The molecule has 1 aromatic rings. The van der Waals surface area contributed by atoms with Crippen LogP contribution >= 0.6 is 11.8 Å². The number of amidine groups is 1. The Balaban J connectivity index is 2.14. The van der Waals surface area contributed by atoms with Crippen molar-refractivity contribution < 1.29 is 9.94 Å². The van der Waals surface area contributed by atoms with Crippen molar-refractivity contribution in [3.63, 3.8) is 0 Å². The minimum Gasteiger partial charge on any atom is -0.409 e. The molecule has 0 bridgehead atoms. The first-order chi connectivity index (χ1) is 8.31. The van der Waals surface area contributed by atoms with Gasteiger partial charge in [0.25, 0.3) is 0 Å². The Morgan fingerprint density at radius 1 is 1.53 bits per heavy atom. The first kappa shape index (κ1) is 12.1. The van der Waals surface area contributed by atoms with Gasteiger partial charge in [0, 0.05) is 18.5 Å². The van der Waals surface area contributed by atoms with Crippen molar-refractivity contribution in [2.75, 3.05) is 13.2 Å². The second-order valence-corrected chi connectivity index (χ2v) is 4.95. The van der Waals surface area contributed by atoms with Crippen LogP contribution in [0.3, 0.4) is 0 Å². The van der Waals surface area contributed by atoms with Gasteiger partial charge in [-0.05, 0) is 18.9 Å². The van der Waals surface area contributed by atoms with Gasteiger partial charge in [0.05, 0.1) is 11.8 Å². The zero-order chi connectivity index (χ0) is 12.1. The van der Waals surface area contributed by atoms with Crippen molar-refractivity contribution in [3.05, 3.63) is 17.8 Å². The molecule has 1 aromatic heterocycles. The van der Waals surface area contributed by atoms with Crippen molar-refractivity contribution >= 4 is 17.6 Å². The lowest BCUT2D eigenvalue weighted by atomic mass is 10.2. The SMILES string of the molecule is N/C(=N/O)c1ccnnc1SC1CCOCC1. The van der Waals surface area contributed by atoms with E-state index in [0.717, 1.165) is 26.1 Å². The third kappa shape index (κ3) is 3.07. The number of ether oxygens (including phenoxy) is 1. The summed E-state index contributed by atoms with van der Waals surface area (Å²) in [7, 11) is 0. The van der Waals surface area contributed by atoms with Gasteiger partial charge in [-0.3, -0.25) is 0 Å². The van der Waals surface area contributed by atoms with Crippen LogP contribution in [-0.2, 0) is 4.74 Å². The number of nitrogens with zero attached hydrogens (tertiary/aromatic N) is 3. The number of aromatic nitrogens is 2. The molecule has 17 heavy (non-hydrogen) atoms. The lowest BCUT2D eigenvalue weighted by Gasteiger charge is -2.21. The molecule has 0 spiro atoms. The van der Waals surface area contributed by atoms with E-state index < -0.39 is 0 Å². The fourth-order valence-electron chi connectivity index (χ4n) is 1.61. The van der Waals surface area contributed by atoms with Crippen LogP contribution < -0.4 is 5.73 Å². The molecule has 7 heteroatoms. The Morgan fingerprint density at radius 3 is 3.00 bits per heavy atom. The molecule has 0 saturated carbocycles. The molecule has 0 aliphatic carbocycles. The average Bonchev–Trinajstić information content (AvgIpc) is 2.40. The van der Waals surface area contributed by atoms with Crippen molar-refractivity contribution in [3.8, 4) is 0 Å². The molecule has 0 unspecified atom stereocenters. The predicted molar refractivity (Wildman–Crippen MR) is 64.2 cm³/mol. The van der Waals surface area contributed by atoms with Crippen LogP contribution in [0.5, 0.6) is 0 Å². The Morgan fingerprint density at radius 2 is 2.29 bits per heavy atom. The van der Waals surface area contributed by atoms with Gasteiger partial charge in [0.1, 0.15) is 5.03 Å². The van der Waals surface area contributed by atoms with Gasteiger partial charge < -0.3 is 15.7 Å². The predicted octanol–water partition coefficient (Wildman–Crippen LogP) is 0.842. The number of hydrogen-bond acceptors (Lipinski definition) is 6. The standard InChI is InChI=1S/C10H14N4O2S/c11-9(14-15)8-1-4-12-13-10(8)17-7-2-5-16-6-3-7/h1,4,7,15H,2-3,5-6H2,(H2,11,14). The minimum absolute atomic E-state index is 0.0643. The van der Waals surface area contributed by atoms with Gasteiger partial charge in [0.2, 0.25) is 0 Å². The lowest BCUT2D eigenvalue weighted by Crippen LogP contribution is -2.20. The van der Waals surface area contributed by atoms with Gasteiger partial charge in [-0.2, -0.15) is 5.10 Å². The van der Waals surface area contributed by atoms with E-state index in [1.165, 1.54) is 6.20 Å². The summed E-state index contributed by atoms with van der Waals surface area (Å²) in [5.74, 6) is 0.0643. The second-order valence-electron chi connectivity index (χ2n) is 3.66. The molecule has 2 rings (SSSR count). The molecule has 92 valence electrons. The molecule has 0 aromatic carbocycles. The maximum Gasteiger partial charge on any atom is 0.172 e. The van der Waals surface area contributed by atoms with Gasteiger partial charge in [0.15, 0.2) is 5.84 Å². The van der Waals surface area contributed by atoms with E-state index in [9.17, 15) is 0 Å². The highest BCUT2D eigenvalue weighted by atomic mass is 32.2. The number of oxime groups is 1. The summed E-state index contributed by atoms with van der Waals surface area (Å²) in [6.07, 6.45) is 3.50. The molecule has 1 saturated heterocycles. The Bertz CT molecular complexity index is 407. The minimum atomic E-state index is 0.0643. The summed E-state index contributed by atoms with van der Waals surface area (Å²) >= 11 is 1.61. The molecule has 0 amide bonds. The molecule has 2 heterocycles. The fourth-order valence-corrected chi connectivity index (χ4v) is 2.74. The molecule has 6 nitrogen and oxygen atoms in total. The van der Waals surface area contributed by atoms with Gasteiger partial charge in [-0.1, -0.05) is 5.16 Å². The van der Waals surface area contributed by atoms with Crippen LogP contribution in [0.2, 0.25) is 0 Å². The smallest absolute Gasteiger partial charge is 0.172 e. The monoisotopic (exact) mass is 254 g/mol. The molecule has 0 radical (unpaired) electrons. The van der Waals surface area contributed by atoms with Crippen LogP contribution in [0.4, 0.5) is 0 Å². The van der Waals surface area contributed by atoms with Crippen molar-refractivity contribution in [2.24, 2.45) is 10.9 Å². The van der Waals surface area contributed by atoms with Crippen LogP contribution in [0, 0.1) is 0 Å². The van der Waals surface area contributed by atoms with E-state index in [0.29, 0.717) is 15.8 Å². The van der Waals surface area contributed by atoms with E-state index in [1.807, 2.05) is 0 Å². The normalized spacial score (nSPS) is 18.2. The van der Waals surface area contributed by atoms with Crippen molar-refractivity contribution in [1.29, 1.82) is 0 Å². The largest absolute Gasteiger partial charge is 0.409 e. The first-order valence-electron chi connectivity index (χ1n) is 5.35. The number of thioether (sulfide) groups is 1. The van der Waals surface area contributed by atoms with Gasteiger partial charge in [-0.25, -0.2) is 0 Å². The Hall–Kier alpha value is -1.34. The van der Waals surface area contributed by atoms with E-state index in [4.69, 9.17) is 15.7 Å². The van der Waals surface area contributed by atoms with E-state index in [1.54, 1.807) is 17.8 Å². The number of hydrogen-bond donors (Lipinski definition) is 2. The zero-order valence-electron chi connectivity index (χ0n) is 9.24. The van der Waals surface area contributed by atoms with Crippen LogP contribution in [0.15, 0.2) is 22.4 Å². The number of rotatable bonds is 3. The average molecular weight is 254 g/mol. The fraction of sp³-hybridized carbons (Fsp3) is 0.500. The van der Waals surface area contributed by atoms with E-state index >= 15 is 0 Å². The summed E-state index contributed by atoms with van der Waals surface area (Å²) in [5.41, 5.74) is 6.22. The maximum atomic E-state index is 8.70. The van der Waals surface area contributed by atoms with Gasteiger partial charge >= 0.3 is 0 Å². The number of nitrogens with two attached hydrogens (primary N) is 1. The molecular weight excluding hydrogens is 240 g/mol. The first-order valence-corrected chi connectivity index (χ1v) is 6.23. The topological polar surface area (TPSA) is 93.6 Å². The summed E-state index contributed by atoms with van der Waals surface area (Å²) in [6, 6.07) is 1.70. The summed E-state index contributed by atoms with van der Waals surface area (Å²) < 4.78 is 5.30. The zero-order valence-corrected chi connectivity index (χ0v) is 10.1. The molecule has 0 atom stereocenters. The van der Waals surface area contributed by atoms with E-state index in [-0.39, 0.29) is 5.84 Å². The second kappa shape index (κ2) is 5.83. The molecule has 1 aliphatic rings.